The van der Waals surface area contributed by atoms with Crippen LogP contribution >= 0.6 is 15.9 Å². The van der Waals surface area contributed by atoms with Gasteiger partial charge < -0.3 is 9.30 Å². The van der Waals surface area contributed by atoms with Crippen molar-refractivity contribution in [1.29, 1.82) is 0 Å². The molecule has 2 nitrogen and oxygen atoms in total. The first kappa shape index (κ1) is 19.3. The van der Waals surface area contributed by atoms with E-state index in [0.717, 1.165) is 28.6 Å². The summed E-state index contributed by atoms with van der Waals surface area (Å²) in [4.78, 5) is 0. The maximum Gasteiger partial charge on any atom is 0.135 e. The monoisotopic (exact) mass is 415 g/mol. The van der Waals surface area contributed by atoms with Gasteiger partial charge in [-0.2, -0.15) is 0 Å². The third kappa shape index (κ3) is 4.09. The number of para-hydroxylation sites is 1. The molecule has 0 fully saturated rings. The molecule has 140 valence electrons. The van der Waals surface area contributed by atoms with Gasteiger partial charge in [0.2, 0.25) is 0 Å². The maximum atomic E-state index is 5.54. The number of hydrogen-bond acceptors (Lipinski definition) is 1. The lowest BCUT2D eigenvalue weighted by Crippen LogP contribution is -2.04. The number of halogens is 1. The third-order valence-corrected chi connectivity index (χ3v) is 5.99. The molecule has 0 amide bonds. The molecule has 3 rings (SSSR count). The second-order valence-corrected chi connectivity index (χ2v) is 8.75. The summed E-state index contributed by atoms with van der Waals surface area (Å²) in [6.45, 7) is 8.07. The summed E-state index contributed by atoms with van der Waals surface area (Å²) >= 11 is 3.64. The molecule has 0 spiro atoms. The van der Waals surface area contributed by atoms with Crippen molar-refractivity contribution in [2.24, 2.45) is 11.8 Å². The first-order valence-electron chi connectivity index (χ1n) is 9.75. The van der Waals surface area contributed by atoms with E-state index in [0.29, 0.717) is 0 Å². The predicted molar refractivity (Wildman–Crippen MR) is 116 cm³/mol. The van der Waals surface area contributed by atoms with Crippen molar-refractivity contribution in [1.82, 2.24) is 4.57 Å². The van der Waals surface area contributed by atoms with Gasteiger partial charge in [0.15, 0.2) is 0 Å². The van der Waals surface area contributed by atoms with Gasteiger partial charge in [0.1, 0.15) is 5.75 Å². The maximum absolute atomic E-state index is 5.54. The number of benzene rings is 2. The van der Waals surface area contributed by atoms with Crippen LogP contribution < -0.4 is 4.74 Å². The Morgan fingerprint density at radius 2 is 1.73 bits per heavy atom. The number of aryl methyl sites for hydroxylation is 1. The van der Waals surface area contributed by atoms with Crippen LogP contribution in [0.5, 0.6) is 5.75 Å². The van der Waals surface area contributed by atoms with E-state index in [1.165, 1.54) is 47.5 Å². The Bertz CT molecular complexity index is 881. The Morgan fingerprint density at radius 1 is 0.962 bits per heavy atom. The van der Waals surface area contributed by atoms with E-state index in [4.69, 9.17) is 4.74 Å². The molecule has 3 aromatic rings. The number of fused-ring (bicyclic) bond motifs is 3. The quantitative estimate of drug-likeness (QED) is 0.373. The fourth-order valence-corrected chi connectivity index (χ4v) is 4.32. The van der Waals surface area contributed by atoms with Gasteiger partial charge in [0, 0.05) is 28.9 Å². The summed E-state index contributed by atoms with van der Waals surface area (Å²) < 4.78 is 9.03. The zero-order valence-electron chi connectivity index (χ0n) is 16.4. The molecule has 3 heteroatoms. The number of hydrogen-bond donors (Lipinski definition) is 0. The fraction of sp³-hybridized carbons (Fsp3) is 0.478. The number of methoxy groups -OCH3 is 1. The molecular weight excluding hydrogens is 386 g/mol. The van der Waals surface area contributed by atoms with Gasteiger partial charge in [0.05, 0.1) is 17.1 Å². The molecule has 0 aliphatic rings. The highest BCUT2D eigenvalue weighted by Gasteiger charge is 2.14. The average Bonchev–Trinajstić information content (AvgIpc) is 2.92. The standard InChI is InChI=1S/C23H30BrNO/c1-16(2)8-7-9-17(3)12-13-25-21-11-6-5-10-18(21)19-14-20(24)23(26-4)15-22(19)25/h5-6,10-11,14-17H,7-9,12-13H2,1-4H3. The molecule has 0 saturated carbocycles. The lowest BCUT2D eigenvalue weighted by atomic mass is 9.97. The Hall–Kier alpha value is -1.48. The lowest BCUT2D eigenvalue weighted by molar-refractivity contribution is 0.411. The van der Waals surface area contributed by atoms with Crippen molar-refractivity contribution >= 4 is 37.7 Å². The minimum Gasteiger partial charge on any atom is -0.495 e. The largest absolute Gasteiger partial charge is 0.495 e. The van der Waals surface area contributed by atoms with E-state index < -0.39 is 0 Å². The predicted octanol–water partition coefficient (Wildman–Crippen LogP) is 7.42. The van der Waals surface area contributed by atoms with Gasteiger partial charge in [-0.1, -0.05) is 58.2 Å². The average molecular weight is 416 g/mol. The number of aromatic nitrogens is 1. The van der Waals surface area contributed by atoms with Gasteiger partial charge in [-0.15, -0.1) is 0 Å². The highest BCUT2D eigenvalue weighted by atomic mass is 79.9. The van der Waals surface area contributed by atoms with Crippen molar-refractivity contribution in [2.75, 3.05) is 7.11 Å². The Labute approximate surface area is 165 Å². The molecule has 0 bridgehead atoms. The molecule has 2 aromatic carbocycles. The Kier molecular flexibility index (Phi) is 6.29. The molecule has 0 aliphatic carbocycles. The van der Waals surface area contributed by atoms with Gasteiger partial charge >= 0.3 is 0 Å². The van der Waals surface area contributed by atoms with Crippen molar-refractivity contribution < 1.29 is 4.74 Å². The van der Waals surface area contributed by atoms with Crippen LogP contribution in [0.25, 0.3) is 21.8 Å². The second-order valence-electron chi connectivity index (χ2n) is 7.89. The molecule has 0 saturated heterocycles. The minimum absolute atomic E-state index is 0.752. The van der Waals surface area contributed by atoms with Crippen LogP contribution in [0.4, 0.5) is 0 Å². The normalized spacial score (nSPS) is 13.0. The fourth-order valence-electron chi connectivity index (χ4n) is 3.81. The van der Waals surface area contributed by atoms with Crippen LogP contribution in [0.15, 0.2) is 40.9 Å². The summed E-state index contributed by atoms with van der Waals surface area (Å²) in [6, 6.07) is 13.1. The third-order valence-electron chi connectivity index (χ3n) is 5.37. The van der Waals surface area contributed by atoms with E-state index in [9.17, 15) is 0 Å². The van der Waals surface area contributed by atoms with E-state index in [1.807, 2.05) is 0 Å². The zero-order valence-corrected chi connectivity index (χ0v) is 18.0. The number of ether oxygens (including phenoxy) is 1. The molecule has 1 heterocycles. The van der Waals surface area contributed by atoms with Crippen LogP contribution in [-0.4, -0.2) is 11.7 Å². The van der Waals surface area contributed by atoms with Crippen molar-refractivity contribution in [3.63, 3.8) is 0 Å². The molecule has 0 N–H and O–H groups in total. The van der Waals surface area contributed by atoms with Crippen LogP contribution in [0.2, 0.25) is 0 Å². The summed E-state index contributed by atoms with van der Waals surface area (Å²) in [5.41, 5.74) is 2.58. The summed E-state index contributed by atoms with van der Waals surface area (Å²) in [6.07, 6.45) is 5.21. The summed E-state index contributed by atoms with van der Waals surface area (Å²) in [5, 5.41) is 2.61. The van der Waals surface area contributed by atoms with Crippen molar-refractivity contribution in [3.8, 4) is 5.75 Å². The molecule has 1 unspecified atom stereocenters. The minimum atomic E-state index is 0.752. The molecule has 26 heavy (non-hydrogen) atoms. The Morgan fingerprint density at radius 3 is 2.46 bits per heavy atom. The first-order chi connectivity index (χ1) is 12.5. The van der Waals surface area contributed by atoms with Gasteiger partial charge in [-0.3, -0.25) is 0 Å². The van der Waals surface area contributed by atoms with E-state index >= 15 is 0 Å². The van der Waals surface area contributed by atoms with Crippen LogP contribution in [-0.2, 0) is 6.54 Å². The summed E-state index contributed by atoms with van der Waals surface area (Å²) in [5.74, 6) is 2.46. The highest BCUT2D eigenvalue weighted by Crippen LogP contribution is 2.36. The highest BCUT2D eigenvalue weighted by molar-refractivity contribution is 9.10. The van der Waals surface area contributed by atoms with Crippen LogP contribution in [0.1, 0.15) is 46.5 Å². The first-order valence-corrected chi connectivity index (χ1v) is 10.5. The van der Waals surface area contributed by atoms with Gasteiger partial charge in [0.25, 0.3) is 0 Å². The lowest BCUT2D eigenvalue weighted by Gasteiger charge is -2.14. The summed E-state index contributed by atoms with van der Waals surface area (Å²) in [7, 11) is 1.73. The Balaban J connectivity index is 1.88. The number of nitrogens with zero attached hydrogens (tertiary/aromatic N) is 1. The van der Waals surface area contributed by atoms with E-state index in [2.05, 4.69) is 77.7 Å². The molecule has 0 radical (unpaired) electrons. The topological polar surface area (TPSA) is 14.2 Å². The molecular formula is C23H30BrNO. The molecule has 0 aliphatic heterocycles. The SMILES string of the molecule is COc1cc2c(cc1Br)c1ccccc1n2CCC(C)CCCC(C)C. The number of rotatable bonds is 8. The van der Waals surface area contributed by atoms with Crippen molar-refractivity contribution in [2.45, 2.75) is 53.0 Å². The van der Waals surface area contributed by atoms with Crippen LogP contribution in [0.3, 0.4) is 0 Å². The molecule has 1 atom stereocenters. The van der Waals surface area contributed by atoms with E-state index in [-0.39, 0.29) is 0 Å². The van der Waals surface area contributed by atoms with Crippen molar-refractivity contribution in [3.05, 3.63) is 40.9 Å². The second kappa shape index (κ2) is 8.47. The van der Waals surface area contributed by atoms with Gasteiger partial charge in [-0.25, -0.2) is 0 Å². The van der Waals surface area contributed by atoms with Crippen LogP contribution in [0, 0.1) is 11.8 Å². The zero-order chi connectivity index (χ0) is 18.7. The smallest absolute Gasteiger partial charge is 0.135 e. The molecule has 1 aromatic heterocycles. The van der Waals surface area contributed by atoms with Gasteiger partial charge in [-0.05, 0) is 46.3 Å². The van der Waals surface area contributed by atoms with E-state index in [1.54, 1.807) is 7.11 Å².